The quantitative estimate of drug-likeness (QED) is 0.505. The van der Waals surface area contributed by atoms with Gasteiger partial charge in [0.05, 0.1) is 5.56 Å². The molecule has 3 aromatic heterocycles. The summed E-state index contributed by atoms with van der Waals surface area (Å²) in [6, 6.07) is 11.7. The fourth-order valence-corrected chi connectivity index (χ4v) is 4.04. The van der Waals surface area contributed by atoms with Gasteiger partial charge in [0.1, 0.15) is 11.6 Å². The fourth-order valence-electron chi connectivity index (χ4n) is 4.04. The summed E-state index contributed by atoms with van der Waals surface area (Å²) in [4.78, 5) is 23.5. The normalized spacial score (nSPS) is 15.9. The van der Waals surface area contributed by atoms with Gasteiger partial charge in [0, 0.05) is 44.1 Å². The summed E-state index contributed by atoms with van der Waals surface area (Å²) >= 11 is 0. The Morgan fingerprint density at radius 1 is 1.12 bits per heavy atom. The van der Waals surface area contributed by atoms with Crippen LogP contribution in [0.5, 0.6) is 0 Å². The number of aromatic nitrogens is 5. The lowest BCUT2D eigenvalue weighted by Crippen LogP contribution is -2.26. The minimum Gasteiger partial charge on any atom is -0.352 e. The fraction of sp³-hybridized carbons (Fsp3) is 0.261. The molecule has 4 aromatic rings. The van der Waals surface area contributed by atoms with Gasteiger partial charge in [0.25, 0.3) is 5.91 Å². The molecule has 0 aliphatic carbocycles. The molecule has 162 valence electrons. The third-order valence-corrected chi connectivity index (χ3v) is 5.67. The molecule has 0 spiro atoms. The molecule has 1 saturated heterocycles. The van der Waals surface area contributed by atoms with Crippen molar-refractivity contribution in [1.82, 2.24) is 29.9 Å². The number of hydrogen-bond acceptors (Lipinski definition) is 6. The lowest BCUT2D eigenvalue weighted by atomic mass is 10.1. The van der Waals surface area contributed by atoms with Crippen LogP contribution >= 0.6 is 0 Å². The second-order valence-electron chi connectivity index (χ2n) is 7.82. The first-order valence-electron chi connectivity index (χ1n) is 10.6. The molecule has 0 saturated carbocycles. The third-order valence-electron chi connectivity index (χ3n) is 5.67. The molecule has 0 bridgehead atoms. The number of carbonyl (C=O) groups excluding carboxylic acids is 1. The van der Waals surface area contributed by atoms with Crippen molar-refractivity contribution in [2.45, 2.75) is 18.8 Å². The van der Waals surface area contributed by atoms with E-state index in [4.69, 9.17) is 0 Å². The van der Waals surface area contributed by atoms with Crippen molar-refractivity contribution in [2.24, 2.45) is 0 Å². The Bertz CT molecular complexity index is 1240. The first-order chi connectivity index (χ1) is 15.7. The highest BCUT2D eigenvalue weighted by molar-refractivity contribution is 5.94. The second-order valence-corrected chi connectivity index (χ2v) is 7.82. The van der Waals surface area contributed by atoms with E-state index in [1.54, 1.807) is 42.9 Å². The van der Waals surface area contributed by atoms with Crippen LogP contribution in [0.15, 0.2) is 61.1 Å². The van der Waals surface area contributed by atoms with Crippen LogP contribution in [-0.4, -0.2) is 50.1 Å². The van der Waals surface area contributed by atoms with E-state index in [1.165, 1.54) is 12.1 Å². The van der Waals surface area contributed by atoms with E-state index >= 15 is 0 Å². The zero-order chi connectivity index (χ0) is 21.9. The van der Waals surface area contributed by atoms with Crippen LogP contribution < -0.4 is 10.2 Å². The number of hydrogen-bond donors (Lipinski definition) is 1. The topological polar surface area (TPSA) is 88.3 Å². The second kappa shape index (κ2) is 8.70. The summed E-state index contributed by atoms with van der Waals surface area (Å²) in [6.07, 6.45) is 6.72. The Hall–Kier alpha value is -3.88. The van der Waals surface area contributed by atoms with E-state index < -0.39 is 0 Å². The van der Waals surface area contributed by atoms with Crippen molar-refractivity contribution in [2.75, 3.05) is 24.5 Å². The number of nitrogens with zero attached hydrogens (tertiary/aromatic N) is 6. The van der Waals surface area contributed by atoms with Crippen molar-refractivity contribution in [3.8, 4) is 0 Å². The number of rotatable bonds is 6. The molecule has 9 heteroatoms. The Morgan fingerprint density at radius 2 is 2.00 bits per heavy atom. The maximum atomic E-state index is 13.3. The average Bonchev–Trinajstić information content (AvgIpc) is 3.46. The molecule has 1 aromatic carbocycles. The van der Waals surface area contributed by atoms with Crippen LogP contribution in [0, 0.1) is 5.82 Å². The maximum Gasteiger partial charge on any atom is 0.252 e. The lowest BCUT2D eigenvalue weighted by Gasteiger charge is -2.15. The molecule has 1 fully saturated rings. The number of anilines is 1. The van der Waals surface area contributed by atoms with Gasteiger partial charge >= 0.3 is 0 Å². The van der Waals surface area contributed by atoms with Crippen LogP contribution in [-0.2, 0) is 6.42 Å². The average molecular weight is 431 g/mol. The molecule has 0 radical (unpaired) electrons. The summed E-state index contributed by atoms with van der Waals surface area (Å²) in [5.41, 5.74) is 2.07. The smallest absolute Gasteiger partial charge is 0.252 e. The molecular weight excluding hydrogens is 409 g/mol. The summed E-state index contributed by atoms with van der Waals surface area (Å²) in [6.45, 7) is 2.00. The predicted octanol–water partition coefficient (Wildman–Crippen LogP) is 2.62. The highest BCUT2D eigenvalue weighted by atomic mass is 19.1. The Morgan fingerprint density at radius 3 is 2.84 bits per heavy atom. The van der Waals surface area contributed by atoms with Gasteiger partial charge in [-0.15, -0.1) is 10.2 Å². The van der Waals surface area contributed by atoms with Gasteiger partial charge in [-0.3, -0.25) is 9.20 Å². The van der Waals surface area contributed by atoms with Crippen molar-refractivity contribution in [1.29, 1.82) is 0 Å². The predicted molar refractivity (Wildman–Crippen MR) is 117 cm³/mol. The molecule has 1 aliphatic rings. The van der Waals surface area contributed by atoms with Gasteiger partial charge in [-0.2, -0.15) is 0 Å². The summed E-state index contributed by atoms with van der Waals surface area (Å²) < 4.78 is 15.2. The van der Waals surface area contributed by atoms with Gasteiger partial charge in [0.2, 0.25) is 5.95 Å². The number of benzene rings is 1. The minimum atomic E-state index is -0.274. The van der Waals surface area contributed by atoms with Gasteiger partial charge in [-0.05, 0) is 48.7 Å². The Labute approximate surface area is 184 Å². The molecule has 1 N–H and O–H groups in total. The molecule has 32 heavy (non-hydrogen) atoms. The standard InChI is InChI=1S/C23H22FN7O/c24-19-4-1-3-16(13-19)7-11-25-22(32)18-5-6-20-28-29-21(31(20)15-18)17-8-12-30(14-17)23-26-9-2-10-27-23/h1-6,9-10,13,15,17H,7-8,11-12,14H2,(H,25,32). The summed E-state index contributed by atoms with van der Waals surface area (Å²) in [5.74, 6) is 1.24. The molecule has 8 nitrogen and oxygen atoms in total. The first kappa shape index (κ1) is 20.0. The highest BCUT2D eigenvalue weighted by Crippen LogP contribution is 2.28. The monoisotopic (exact) mass is 431 g/mol. The number of fused-ring (bicyclic) bond motifs is 1. The summed E-state index contributed by atoms with van der Waals surface area (Å²) in [5, 5.41) is 11.6. The molecule has 1 amide bonds. The number of carbonyl (C=O) groups is 1. The van der Waals surface area contributed by atoms with Crippen LogP contribution in [0.1, 0.15) is 34.1 Å². The first-order valence-corrected chi connectivity index (χ1v) is 10.6. The van der Waals surface area contributed by atoms with E-state index in [0.29, 0.717) is 30.1 Å². The van der Waals surface area contributed by atoms with Gasteiger partial charge in [0.15, 0.2) is 5.65 Å². The van der Waals surface area contributed by atoms with Crippen molar-refractivity contribution >= 4 is 17.5 Å². The summed E-state index contributed by atoms with van der Waals surface area (Å²) in [7, 11) is 0. The number of pyridine rings is 1. The van der Waals surface area contributed by atoms with Crippen LogP contribution in [0.3, 0.4) is 0 Å². The molecule has 1 atom stereocenters. The lowest BCUT2D eigenvalue weighted by molar-refractivity contribution is 0.0953. The molecule has 1 unspecified atom stereocenters. The third kappa shape index (κ3) is 4.14. The van der Waals surface area contributed by atoms with E-state index in [9.17, 15) is 9.18 Å². The van der Waals surface area contributed by atoms with E-state index in [-0.39, 0.29) is 17.6 Å². The van der Waals surface area contributed by atoms with Gasteiger partial charge in [-0.1, -0.05) is 12.1 Å². The highest BCUT2D eigenvalue weighted by Gasteiger charge is 2.29. The minimum absolute atomic E-state index is 0.167. The molecular formula is C23H22FN7O. The number of nitrogens with one attached hydrogen (secondary N) is 1. The van der Waals surface area contributed by atoms with Crippen molar-refractivity contribution < 1.29 is 9.18 Å². The van der Waals surface area contributed by atoms with Gasteiger partial charge < -0.3 is 10.2 Å². The number of amides is 1. The Balaban J connectivity index is 1.28. The van der Waals surface area contributed by atoms with Crippen molar-refractivity contribution in [3.05, 3.63) is 83.8 Å². The number of halogens is 1. The zero-order valence-electron chi connectivity index (χ0n) is 17.4. The van der Waals surface area contributed by atoms with E-state index in [0.717, 1.165) is 30.9 Å². The van der Waals surface area contributed by atoms with E-state index in [1.807, 2.05) is 10.5 Å². The molecule has 4 heterocycles. The van der Waals surface area contributed by atoms with Crippen molar-refractivity contribution in [3.63, 3.8) is 0 Å². The zero-order valence-corrected chi connectivity index (χ0v) is 17.4. The van der Waals surface area contributed by atoms with Crippen LogP contribution in [0.4, 0.5) is 10.3 Å². The molecule has 1 aliphatic heterocycles. The Kier molecular flexibility index (Phi) is 5.45. The maximum absolute atomic E-state index is 13.3. The largest absolute Gasteiger partial charge is 0.352 e. The van der Waals surface area contributed by atoms with Gasteiger partial charge in [-0.25, -0.2) is 14.4 Å². The molecule has 5 rings (SSSR count). The van der Waals surface area contributed by atoms with Crippen LogP contribution in [0.25, 0.3) is 5.65 Å². The SMILES string of the molecule is O=C(NCCc1cccc(F)c1)c1ccc2nnc(C3CCN(c4ncccn4)C3)n2c1. The van der Waals surface area contributed by atoms with Crippen LogP contribution in [0.2, 0.25) is 0 Å². The van der Waals surface area contributed by atoms with E-state index in [2.05, 4.69) is 30.4 Å².